The average molecular weight is 454 g/mol. The predicted molar refractivity (Wildman–Crippen MR) is 131 cm³/mol. The van der Waals surface area contributed by atoms with Crippen LogP contribution < -0.4 is 14.8 Å². The molecule has 0 spiro atoms. The quantitative estimate of drug-likeness (QED) is 0.367. The number of hydrogen-bond acceptors (Lipinski definition) is 5. The maximum Gasteiger partial charge on any atom is 0.220 e. The van der Waals surface area contributed by atoms with Gasteiger partial charge < -0.3 is 14.8 Å². The number of amides is 1. The van der Waals surface area contributed by atoms with Crippen molar-refractivity contribution in [1.29, 1.82) is 0 Å². The molecule has 1 amide bonds. The summed E-state index contributed by atoms with van der Waals surface area (Å²) in [6.45, 7) is 0.891. The third-order valence-corrected chi connectivity index (χ3v) is 5.38. The minimum atomic E-state index is -0.0149. The van der Waals surface area contributed by atoms with Crippen LogP contribution in [0.25, 0.3) is 11.3 Å². The summed E-state index contributed by atoms with van der Waals surface area (Å²) in [6, 6.07) is 23.5. The molecule has 172 valence electrons. The number of ether oxygens (including phenoxy) is 2. The lowest BCUT2D eigenvalue weighted by Gasteiger charge is -2.13. The number of aromatic nitrogens is 2. The summed E-state index contributed by atoms with van der Waals surface area (Å²) in [6.07, 6.45) is 6.28. The van der Waals surface area contributed by atoms with Crippen molar-refractivity contribution in [3.8, 4) is 22.8 Å². The zero-order valence-corrected chi connectivity index (χ0v) is 19.1. The Balaban J connectivity index is 1.27. The van der Waals surface area contributed by atoms with E-state index in [2.05, 4.69) is 15.3 Å². The molecule has 0 aliphatic heterocycles. The largest absolute Gasteiger partial charge is 0.493 e. The standard InChI is InChI=1S/C28H27N3O3/c1-33-26-13-10-21(16-27(26)34-20-22-6-3-2-4-7-22)11-14-28(32)31-18-23-9-12-25(30-17-23)24-8-5-15-29-19-24/h2-10,12-13,15-17,19H,11,14,18,20H2,1H3,(H,31,32). The van der Waals surface area contributed by atoms with Gasteiger partial charge in [0.15, 0.2) is 11.5 Å². The summed E-state index contributed by atoms with van der Waals surface area (Å²) >= 11 is 0. The highest BCUT2D eigenvalue weighted by molar-refractivity contribution is 5.76. The number of nitrogens with one attached hydrogen (secondary N) is 1. The van der Waals surface area contributed by atoms with Gasteiger partial charge in [0.1, 0.15) is 6.61 Å². The molecule has 0 aliphatic rings. The van der Waals surface area contributed by atoms with E-state index in [0.29, 0.717) is 37.5 Å². The highest BCUT2D eigenvalue weighted by Crippen LogP contribution is 2.29. The molecule has 6 heteroatoms. The summed E-state index contributed by atoms with van der Waals surface area (Å²) in [7, 11) is 1.62. The number of pyridine rings is 2. The zero-order chi connectivity index (χ0) is 23.6. The molecule has 34 heavy (non-hydrogen) atoms. The number of methoxy groups -OCH3 is 1. The number of aryl methyl sites for hydroxylation is 1. The zero-order valence-electron chi connectivity index (χ0n) is 19.1. The Bertz CT molecular complexity index is 1200. The van der Waals surface area contributed by atoms with Gasteiger partial charge in [-0.15, -0.1) is 0 Å². The second-order valence-electron chi connectivity index (χ2n) is 7.83. The van der Waals surface area contributed by atoms with Crippen LogP contribution >= 0.6 is 0 Å². The van der Waals surface area contributed by atoms with Crippen molar-refractivity contribution in [3.63, 3.8) is 0 Å². The fourth-order valence-corrected chi connectivity index (χ4v) is 3.49. The molecule has 0 bridgehead atoms. The van der Waals surface area contributed by atoms with Crippen LogP contribution in [-0.2, 0) is 24.4 Å². The molecule has 4 rings (SSSR count). The van der Waals surface area contributed by atoms with Crippen molar-refractivity contribution in [2.24, 2.45) is 0 Å². The van der Waals surface area contributed by atoms with Crippen molar-refractivity contribution >= 4 is 5.91 Å². The molecule has 0 saturated carbocycles. The van der Waals surface area contributed by atoms with E-state index in [4.69, 9.17) is 9.47 Å². The average Bonchev–Trinajstić information content (AvgIpc) is 2.91. The van der Waals surface area contributed by atoms with Gasteiger partial charge in [0, 0.05) is 37.1 Å². The van der Waals surface area contributed by atoms with Crippen LogP contribution in [0.5, 0.6) is 11.5 Å². The second kappa shape index (κ2) is 11.6. The number of carbonyl (C=O) groups is 1. The summed E-state index contributed by atoms with van der Waals surface area (Å²) in [4.78, 5) is 21.0. The van der Waals surface area contributed by atoms with Crippen molar-refractivity contribution < 1.29 is 14.3 Å². The molecular weight excluding hydrogens is 426 g/mol. The number of nitrogens with zero attached hydrogens (tertiary/aromatic N) is 2. The molecule has 0 fully saturated rings. The molecule has 0 atom stereocenters. The molecule has 0 saturated heterocycles. The Labute approximate surface area is 199 Å². The van der Waals surface area contributed by atoms with Crippen LogP contribution in [0.1, 0.15) is 23.1 Å². The van der Waals surface area contributed by atoms with Gasteiger partial charge in [0.25, 0.3) is 0 Å². The van der Waals surface area contributed by atoms with Gasteiger partial charge >= 0.3 is 0 Å². The van der Waals surface area contributed by atoms with Crippen molar-refractivity contribution in [1.82, 2.24) is 15.3 Å². The SMILES string of the molecule is COc1ccc(CCC(=O)NCc2ccc(-c3cccnc3)nc2)cc1OCc1ccccc1. The molecule has 0 radical (unpaired) electrons. The van der Waals surface area contributed by atoms with Crippen LogP contribution in [0, 0.1) is 0 Å². The molecule has 2 aromatic heterocycles. The fourth-order valence-electron chi connectivity index (χ4n) is 3.49. The predicted octanol–water partition coefficient (Wildman–Crippen LogP) is 4.98. The van der Waals surface area contributed by atoms with Gasteiger partial charge in [0.2, 0.25) is 5.91 Å². The normalized spacial score (nSPS) is 10.5. The third kappa shape index (κ3) is 6.42. The van der Waals surface area contributed by atoms with E-state index in [0.717, 1.165) is 27.9 Å². The van der Waals surface area contributed by atoms with Gasteiger partial charge in [-0.05, 0) is 53.4 Å². The highest BCUT2D eigenvalue weighted by atomic mass is 16.5. The minimum Gasteiger partial charge on any atom is -0.493 e. The van der Waals surface area contributed by atoms with E-state index in [9.17, 15) is 4.79 Å². The first-order chi connectivity index (χ1) is 16.7. The smallest absolute Gasteiger partial charge is 0.220 e. The van der Waals surface area contributed by atoms with Crippen molar-refractivity contribution in [2.75, 3.05) is 7.11 Å². The summed E-state index contributed by atoms with van der Waals surface area (Å²) in [5.74, 6) is 1.33. The van der Waals surface area contributed by atoms with E-state index in [1.54, 1.807) is 25.7 Å². The highest BCUT2D eigenvalue weighted by Gasteiger charge is 2.09. The lowest BCUT2D eigenvalue weighted by atomic mass is 10.1. The number of benzene rings is 2. The number of hydrogen-bond donors (Lipinski definition) is 1. The Morgan fingerprint density at radius 1 is 0.882 bits per heavy atom. The van der Waals surface area contributed by atoms with Crippen LogP contribution in [0.15, 0.2) is 91.4 Å². The van der Waals surface area contributed by atoms with Crippen LogP contribution in [0.2, 0.25) is 0 Å². The lowest BCUT2D eigenvalue weighted by molar-refractivity contribution is -0.121. The Morgan fingerprint density at radius 2 is 1.74 bits per heavy atom. The van der Waals surface area contributed by atoms with Crippen LogP contribution in [-0.4, -0.2) is 23.0 Å². The molecule has 6 nitrogen and oxygen atoms in total. The Morgan fingerprint density at radius 3 is 2.47 bits per heavy atom. The summed E-state index contributed by atoms with van der Waals surface area (Å²) in [5.41, 5.74) is 4.86. The summed E-state index contributed by atoms with van der Waals surface area (Å²) in [5, 5.41) is 2.97. The van der Waals surface area contributed by atoms with E-state index >= 15 is 0 Å². The van der Waals surface area contributed by atoms with E-state index in [1.165, 1.54) is 0 Å². The second-order valence-corrected chi connectivity index (χ2v) is 7.83. The molecule has 2 aromatic carbocycles. The number of carbonyl (C=O) groups excluding carboxylic acids is 1. The Hall–Kier alpha value is -4.19. The van der Waals surface area contributed by atoms with Gasteiger partial charge in [-0.3, -0.25) is 14.8 Å². The fraction of sp³-hybridized carbons (Fsp3) is 0.179. The molecule has 0 aliphatic carbocycles. The van der Waals surface area contributed by atoms with E-state index < -0.39 is 0 Å². The molecular formula is C28H27N3O3. The number of rotatable bonds is 10. The first-order valence-electron chi connectivity index (χ1n) is 11.2. The summed E-state index contributed by atoms with van der Waals surface area (Å²) < 4.78 is 11.4. The van der Waals surface area contributed by atoms with Crippen LogP contribution in [0.4, 0.5) is 0 Å². The van der Waals surface area contributed by atoms with Gasteiger partial charge in [0.05, 0.1) is 12.8 Å². The maximum absolute atomic E-state index is 12.4. The topological polar surface area (TPSA) is 73.3 Å². The lowest BCUT2D eigenvalue weighted by Crippen LogP contribution is -2.23. The van der Waals surface area contributed by atoms with Gasteiger partial charge in [-0.25, -0.2) is 0 Å². The van der Waals surface area contributed by atoms with Crippen molar-refractivity contribution in [3.05, 3.63) is 108 Å². The molecule has 0 unspecified atom stereocenters. The monoisotopic (exact) mass is 453 g/mol. The third-order valence-electron chi connectivity index (χ3n) is 5.38. The first-order valence-corrected chi connectivity index (χ1v) is 11.2. The van der Waals surface area contributed by atoms with Crippen molar-refractivity contribution in [2.45, 2.75) is 26.0 Å². The van der Waals surface area contributed by atoms with Crippen LogP contribution in [0.3, 0.4) is 0 Å². The molecule has 1 N–H and O–H groups in total. The maximum atomic E-state index is 12.4. The first kappa shape index (κ1) is 23.0. The Kier molecular flexibility index (Phi) is 7.85. The minimum absolute atomic E-state index is 0.0149. The van der Waals surface area contributed by atoms with Gasteiger partial charge in [-0.2, -0.15) is 0 Å². The van der Waals surface area contributed by atoms with Gasteiger partial charge in [-0.1, -0.05) is 42.5 Å². The molecule has 4 aromatic rings. The molecule has 2 heterocycles. The van der Waals surface area contributed by atoms with E-state index in [-0.39, 0.29) is 5.91 Å². The van der Waals surface area contributed by atoms with E-state index in [1.807, 2.05) is 72.8 Å².